The van der Waals surface area contributed by atoms with Crippen molar-refractivity contribution in [1.29, 1.82) is 0 Å². The van der Waals surface area contributed by atoms with Crippen molar-refractivity contribution in [3.05, 3.63) is 11.9 Å². The lowest BCUT2D eigenvalue weighted by molar-refractivity contribution is 0.0539. The first-order valence-corrected chi connectivity index (χ1v) is 6.57. The normalized spacial score (nSPS) is 23.7. The van der Waals surface area contributed by atoms with Gasteiger partial charge in [0.2, 0.25) is 0 Å². The Kier molecular flexibility index (Phi) is 4.01. The van der Waals surface area contributed by atoms with Crippen LogP contribution in [0.4, 0.5) is 11.6 Å². The molecule has 1 atom stereocenters. The van der Waals surface area contributed by atoms with Crippen LogP contribution in [0.2, 0.25) is 0 Å². The highest BCUT2D eigenvalue weighted by Gasteiger charge is 2.27. The lowest BCUT2D eigenvalue weighted by Crippen LogP contribution is -2.43. The molecule has 1 aliphatic rings. The van der Waals surface area contributed by atoms with Gasteiger partial charge in [-0.3, -0.25) is 0 Å². The fourth-order valence-corrected chi connectivity index (χ4v) is 2.19. The maximum atomic E-state index is 5.55. The van der Waals surface area contributed by atoms with E-state index in [0.717, 1.165) is 49.9 Å². The second-order valence-corrected chi connectivity index (χ2v) is 5.00. The van der Waals surface area contributed by atoms with Crippen LogP contribution in [0.15, 0.2) is 6.07 Å². The van der Waals surface area contributed by atoms with Crippen molar-refractivity contribution in [2.24, 2.45) is 0 Å². The number of aromatic nitrogens is 2. The summed E-state index contributed by atoms with van der Waals surface area (Å²) in [7, 11) is 1.87. The van der Waals surface area contributed by atoms with Crippen LogP contribution in [0, 0.1) is 0 Å². The van der Waals surface area contributed by atoms with Gasteiger partial charge < -0.3 is 15.4 Å². The van der Waals surface area contributed by atoms with Crippen molar-refractivity contribution in [2.75, 3.05) is 30.9 Å². The lowest BCUT2D eigenvalue weighted by atomic mass is 9.95. The first-order chi connectivity index (χ1) is 8.65. The van der Waals surface area contributed by atoms with E-state index in [4.69, 9.17) is 4.74 Å². The van der Waals surface area contributed by atoms with E-state index in [0.29, 0.717) is 0 Å². The number of rotatable bonds is 4. The largest absolute Gasteiger partial charge is 0.379 e. The van der Waals surface area contributed by atoms with Crippen LogP contribution in [-0.2, 0) is 11.2 Å². The van der Waals surface area contributed by atoms with E-state index >= 15 is 0 Å². The molecule has 1 fully saturated rings. The average Bonchev–Trinajstić information content (AvgIpc) is 2.38. The molecule has 0 spiro atoms. The summed E-state index contributed by atoms with van der Waals surface area (Å²) in [5, 5.41) is 6.56. The van der Waals surface area contributed by atoms with Gasteiger partial charge in [0.15, 0.2) is 0 Å². The topological polar surface area (TPSA) is 59.1 Å². The minimum absolute atomic E-state index is 0.0252. The van der Waals surface area contributed by atoms with Crippen LogP contribution >= 0.6 is 0 Å². The monoisotopic (exact) mass is 250 g/mol. The standard InChI is InChI=1S/C13H22N4O/c1-4-10-15-11(14-3)8-12(16-10)17-13(2)6-5-7-18-9-13/h8H,4-7,9H2,1-3H3,(H2,14,15,16,17). The molecule has 0 radical (unpaired) electrons. The van der Waals surface area contributed by atoms with Crippen LogP contribution in [-0.4, -0.2) is 35.8 Å². The van der Waals surface area contributed by atoms with Crippen molar-refractivity contribution >= 4 is 11.6 Å². The van der Waals surface area contributed by atoms with Crippen molar-refractivity contribution < 1.29 is 4.74 Å². The van der Waals surface area contributed by atoms with Gasteiger partial charge in [0.25, 0.3) is 0 Å². The van der Waals surface area contributed by atoms with Crippen molar-refractivity contribution in [3.8, 4) is 0 Å². The molecule has 2 heterocycles. The van der Waals surface area contributed by atoms with Gasteiger partial charge >= 0.3 is 0 Å². The van der Waals surface area contributed by atoms with E-state index in [1.807, 2.05) is 13.1 Å². The summed E-state index contributed by atoms with van der Waals surface area (Å²) in [5.74, 6) is 2.58. The number of aryl methyl sites for hydroxylation is 1. The Labute approximate surface area is 108 Å². The molecule has 1 aliphatic heterocycles. The van der Waals surface area contributed by atoms with Gasteiger partial charge in [-0.15, -0.1) is 0 Å². The predicted molar refractivity (Wildman–Crippen MR) is 73.0 cm³/mol. The molecule has 2 N–H and O–H groups in total. The van der Waals surface area contributed by atoms with Gasteiger partial charge in [0.05, 0.1) is 12.1 Å². The SMILES string of the molecule is CCc1nc(NC)cc(NC2(C)CCCOC2)n1. The number of anilines is 2. The van der Waals surface area contributed by atoms with Gasteiger partial charge in [0.1, 0.15) is 17.5 Å². The highest BCUT2D eigenvalue weighted by Crippen LogP contribution is 2.24. The van der Waals surface area contributed by atoms with E-state index in [9.17, 15) is 0 Å². The lowest BCUT2D eigenvalue weighted by Gasteiger charge is -2.34. The molecule has 0 bridgehead atoms. The van der Waals surface area contributed by atoms with Crippen LogP contribution in [0.25, 0.3) is 0 Å². The molecule has 5 heteroatoms. The summed E-state index contributed by atoms with van der Waals surface area (Å²) < 4.78 is 5.55. The summed E-state index contributed by atoms with van der Waals surface area (Å²) in [4.78, 5) is 8.91. The van der Waals surface area contributed by atoms with Crippen LogP contribution in [0.5, 0.6) is 0 Å². The summed E-state index contributed by atoms with van der Waals surface area (Å²) in [6.07, 6.45) is 3.03. The summed E-state index contributed by atoms with van der Waals surface area (Å²) in [6.45, 7) is 5.83. The van der Waals surface area contributed by atoms with Crippen molar-refractivity contribution in [3.63, 3.8) is 0 Å². The summed E-state index contributed by atoms with van der Waals surface area (Å²) >= 11 is 0. The van der Waals surface area contributed by atoms with Crippen LogP contribution in [0.1, 0.15) is 32.5 Å². The molecule has 0 aromatic carbocycles. The zero-order chi connectivity index (χ0) is 13.0. The number of hydrogen-bond acceptors (Lipinski definition) is 5. The van der Waals surface area contributed by atoms with Gasteiger partial charge in [-0.1, -0.05) is 6.92 Å². The van der Waals surface area contributed by atoms with Gasteiger partial charge in [0, 0.05) is 26.1 Å². The Morgan fingerprint density at radius 3 is 2.78 bits per heavy atom. The molecule has 100 valence electrons. The molecule has 0 amide bonds. The van der Waals surface area contributed by atoms with Crippen LogP contribution < -0.4 is 10.6 Å². The molecule has 2 rings (SSSR count). The quantitative estimate of drug-likeness (QED) is 0.856. The Morgan fingerprint density at radius 1 is 1.39 bits per heavy atom. The molecule has 0 saturated carbocycles. The van der Waals surface area contributed by atoms with E-state index in [-0.39, 0.29) is 5.54 Å². The molecule has 1 aromatic rings. The predicted octanol–water partition coefficient (Wildman–Crippen LogP) is 2.06. The third kappa shape index (κ3) is 3.10. The van der Waals surface area contributed by atoms with Gasteiger partial charge in [-0.25, -0.2) is 9.97 Å². The first kappa shape index (κ1) is 13.1. The summed E-state index contributed by atoms with van der Waals surface area (Å²) in [6, 6.07) is 1.94. The van der Waals surface area contributed by atoms with E-state index < -0.39 is 0 Å². The molecule has 5 nitrogen and oxygen atoms in total. The second kappa shape index (κ2) is 5.52. The number of ether oxygens (including phenoxy) is 1. The second-order valence-electron chi connectivity index (χ2n) is 5.00. The third-order valence-corrected chi connectivity index (χ3v) is 3.21. The van der Waals surface area contributed by atoms with Crippen LogP contribution in [0.3, 0.4) is 0 Å². The number of nitrogens with one attached hydrogen (secondary N) is 2. The molecule has 18 heavy (non-hydrogen) atoms. The maximum absolute atomic E-state index is 5.55. The number of nitrogens with zero attached hydrogens (tertiary/aromatic N) is 2. The number of hydrogen-bond donors (Lipinski definition) is 2. The zero-order valence-corrected chi connectivity index (χ0v) is 11.4. The van der Waals surface area contributed by atoms with E-state index in [1.165, 1.54) is 0 Å². The van der Waals surface area contributed by atoms with Gasteiger partial charge in [-0.05, 0) is 19.8 Å². The minimum atomic E-state index is -0.0252. The highest BCUT2D eigenvalue weighted by molar-refractivity contribution is 5.48. The van der Waals surface area contributed by atoms with E-state index in [2.05, 4.69) is 34.4 Å². The van der Waals surface area contributed by atoms with Crippen molar-refractivity contribution in [2.45, 2.75) is 38.6 Å². The van der Waals surface area contributed by atoms with Crippen molar-refractivity contribution in [1.82, 2.24) is 9.97 Å². The van der Waals surface area contributed by atoms with Gasteiger partial charge in [-0.2, -0.15) is 0 Å². The Bertz CT molecular complexity index is 380. The smallest absolute Gasteiger partial charge is 0.132 e. The molecule has 1 saturated heterocycles. The Balaban J connectivity index is 2.16. The molecular weight excluding hydrogens is 228 g/mol. The first-order valence-electron chi connectivity index (χ1n) is 6.57. The fraction of sp³-hybridized carbons (Fsp3) is 0.692. The molecule has 1 aromatic heterocycles. The molecule has 0 aliphatic carbocycles. The maximum Gasteiger partial charge on any atom is 0.132 e. The summed E-state index contributed by atoms with van der Waals surface area (Å²) in [5.41, 5.74) is -0.0252. The molecule has 1 unspecified atom stereocenters. The Hall–Kier alpha value is -1.36. The zero-order valence-electron chi connectivity index (χ0n) is 11.4. The molecular formula is C13H22N4O. The average molecular weight is 250 g/mol. The van der Waals surface area contributed by atoms with E-state index in [1.54, 1.807) is 0 Å². The Morgan fingerprint density at radius 2 is 2.17 bits per heavy atom. The fourth-order valence-electron chi connectivity index (χ4n) is 2.19. The minimum Gasteiger partial charge on any atom is -0.379 e. The highest BCUT2D eigenvalue weighted by atomic mass is 16.5. The third-order valence-electron chi connectivity index (χ3n) is 3.21.